The van der Waals surface area contributed by atoms with Gasteiger partial charge in [0.2, 0.25) is 9.84 Å². The minimum absolute atomic E-state index is 0.229. The standard InChI is InChI=1S/C27H27NO4S/c1-31-25-16-22-21-10-6-7-11-24(21)28-27(23(22)17-26(25)32-2)18-12-14-20(15-13-18)33(29,30)19-8-4-3-5-9-19/h3-5,8-9,12-17,21,24H,6-7,10-11H2,1-2H3/t21-,24-/m1/s1. The number of nitrogens with zero attached hydrogens (tertiary/aromatic N) is 1. The minimum atomic E-state index is -3.56. The van der Waals surface area contributed by atoms with Gasteiger partial charge in [-0.05, 0) is 54.8 Å². The van der Waals surface area contributed by atoms with Crippen molar-refractivity contribution in [2.24, 2.45) is 4.99 Å². The van der Waals surface area contributed by atoms with E-state index in [1.807, 2.05) is 24.3 Å². The van der Waals surface area contributed by atoms with E-state index in [4.69, 9.17) is 14.5 Å². The normalized spacial score (nSPS) is 19.8. The third-order valence-electron chi connectivity index (χ3n) is 6.73. The number of rotatable bonds is 5. The van der Waals surface area contributed by atoms with Crippen molar-refractivity contribution >= 4 is 15.5 Å². The summed E-state index contributed by atoms with van der Waals surface area (Å²) in [5.74, 6) is 1.77. The van der Waals surface area contributed by atoms with Gasteiger partial charge in [0.05, 0.1) is 35.8 Å². The maximum Gasteiger partial charge on any atom is 0.206 e. The van der Waals surface area contributed by atoms with Gasteiger partial charge in [0.25, 0.3) is 0 Å². The molecule has 1 heterocycles. The first-order valence-electron chi connectivity index (χ1n) is 11.3. The third-order valence-corrected chi connectivity index (χ3v) is 8.51. The molecule has 2 aliphatic rings. The summed E-state index contributed by atoms with van der Waals surface area (Å²) in [6.07, 6.45) is 4.54. The Balaban J connectivity index is 1.59. The van der Waals surface area contributed by atoms with Crippen molar-refractivity contribution < 1.29 is 17.9 Å². The van der Waals surface area contributed by atoms with Crippen LogP contribution in [0.3, 0.4) is 0 Å². The molecule has 1 fully saturated rings. The van der Waals surface area contributed by atoms with Crippen molar-refractivity contribution in [3.63, 3.8) is 0 Å². The van der Waals surface area contributed by atoms with Gasteiger partial charge in [0, 0.05) is 17.0 Å². The number of hydrogen-bond acceptors (Lipinski definition) is 5. The van der Waals surface area contributed by atoms with E-state index in [1.165, 1.54) is 18.4 Å². The van der Waals surface area contributed by atoms with Gasteiger partial charge in [0.1, 0.15) is 0 Å². The Morgan fingerprint density at radius 2 is 1.45 bits per heavy atom. The second-order valence-electron chi connectivity index (χ2n) is 8.57. The summed E-state index contributed by atoms with van der Waals surface area (Å²) in [6.45, 7) is 0. The van der Waals surface area contributed by atoms with Crippen LogP contribution in [0.25, 0.3) is 0 Å². The second kappa shape index (κ2) is 8.67. The Hall–Kier alpha value is -3.12. The Bertz CT molecular complexity index is 1300. The maximum atomic E-state index is 13.0. The second-order valence-corrected chi connectivity index (χ2v) is 10.5. The molecule has 2 atom stereocenters. The lowest BCUT2D eigenvalue weighted by molar-refractivity contribution is 0.349. The van der Waals surface area contributed by atoms with E-state index < -0.39 is 9.84 Å². The molecule has 5 nitrogen and oxygen atoms in total. The van der Waals surface area contributed by atoms with Crippen molar-refractivity contribution in [1.82, 2.24) is 0 Å². The summed E-state index contributed by atoms with van der Waals surface area (Å²) in [6, 6.07) is 19.9. The predicted molar refractivity (Wildman–Crippen MR) is 129 cm³/mol. The van der Waals surface area contributed by atoms with Crippen LogP contribution in [-0.2, 0) is 9.84 Å². The summed E-state index contributed by atoms with van der Waals surface area (Å²) in [5.41, 5.74) is 4.06. The van der Waals surface area contributed by atoms with E-state index in [0.29, 0.717) is 16.6 Å². The summed E-state index contributed by atoms with van der Waals surface area (Å²) in [7, 11) is -0.268. The predicted octanol–water partition coefficient (Wildman–Crippen LogP) is 5.41. The van der Waals surface area contributed by atoms with Crippen LogP contribution in [0.15, 0.2) is 81.5 Å². The van der Waals surface area contributed by atoms with Crippen LogP contribution in [-0.4, -0.2) is 34.4 Å². The van der Waals surface area contributed by atoms with Crippen LogP contribution in [0.1, 0.15) is 48.3 Å². The van der Waals surface area contributed by atoms with Crippen LogP contribution in [0, 0.1) is 0 Å². The molecule has 0 amide bonds. The minimum Gasteiger partial charge on any atom is -0.493 e. The van der Waals surface area contributed by atoms with Gasteiger partial charge in [-0.15, -0.1) is 0 Å². The molecule has 0 spiro atoms. The van der Waals surface area contributed by atoms with E-state index in [1.54, 1.807) is 50.6 Å². The summed E-state index contributed by atoms with van der Waals surface area (Å²) in [4.78, 5) is 5.73. The smallest absolute Gasteiger partial charge is 0.206 e. The number of benzene rings is 3. The lowest BCUT2D eigenvalue weighted by Gasteiger charge is -2.35. The number of sulfone groups is 1. The Morgan fingerprint density at radius 1 is 0.818 bits per heavy atom. The molecule has 0 bridgehead atoms. The fourth-order valence-electron chi connectivity index (χ4n) is 5.03. The highest BCUT2D eigenvalue weighted by Crippen LogP contribution is 2.44. The van der Waals surface area contributed by atoms with E-state index in [0.717, 1.165) is 35.4 Å². The Kier molecular flexibility index (Phi) is 5.71. The number of methoxy groups -OCH3 is 2. The third kappa shape index (κ3) is 3.82. The van der Waals surface area contributed by atoms with E-state index >= 15 is 0 Å². The van der Waals surface area contributed by atoms with Crippen LogP contribution in [0.5, 0.6) is 11.5 Å². The molecule has 0 saturated heterocycles. The highest BCUT2D eigenvalue weighted by Gasteiger charge is 2.34. The number of hydrogen-bond donors (Lipinski definition) is 0. The summed E-state index contributed by atoms with van der Waals surface area (Å²) < 4.78 is 37.2. The van der Waals surface area contributed by atoms with E-state index in [-0.39, 0.29) is 10.9 Å². The highest BCUT2D eigenvalue weighted by molar-refractivity contribution is 7.91. The molecule has 0 aromatic heterocycles. The van der Waals surface area contributed by atoms with Crippen LogP contribution < -0.4 is 9.47 Å². The zero-order chi connectivity index (χ0) is 23.0. The molecule has 3 aromatic carbocycles. The average Bonchev–Trinajstić information content (AvgIpc) is 2.88. The van der Waals surface area contributed by atoms with Crippen molar-refractivity contribution in [2.75, 3.05) is 14.2 Å². The first kappa shape index (κ1) is 21.7. The van der Waals surface area contributed by atoms with E-state index in [2.05, 4.69) is 6.07 Å². The average molecular weight is 462 g/mol. The monoisotopic (exact) mass is 461 g/mol. The molecular formula is C27H27NO4S. The topological polar surface area (TPSA) is 65.0 Å². The van der Waals surface area contributed by atoms with Crippen LogP contribution in [0.4, 0.5) is 0 Å². The molecule has 5 rings (SSSR count). The Morgan fingerprint density at radius 3 is 2.15 bits per heavy atom. The quantitative estimate of drug-likeness (QED) is 0.509. The highest BCUT2D eigenvalue weighted by atomic mass is 32.2. The summed E-state index contributed by atoms with van der Waals surface area (Å²) >= 11 is 0. The molecule has 33 heavy (non-hydrogen) atoms. The molecule has 1 saturated carbocycles. The molecule has 0 radical (unpaired) electrons. The van der Waals surface area contributed by atoms with Gasteiger partial charge in [-0.25, -0.2) is 8.42 Å². The zero-order valence-electron chi connectivity index (χ0n) is 18.8. The number of fused-ring (bicyclic) bond motifs is 3. The summed E-state index contributed by atoms with van der Waals surface area (Å²) in [5, 5.41) is 0. The molecule has 1 aliphatic heterocycles. The number of ether oxygens (including phenoxy) is 2. The zero-order valence-corrected chi connectivity index (χ0v) is 19.6. The molecule has 0 N–H and O–H groups in total. The molecule has 1 aliphatic carbocycles. The molecular weight excluding hydrogens is 434 g/mol. The van der Waals surface area contributed by atoms with Crippen LogP contribution in [0.2, 0.25) is 0 Å². The molecule has 0 unspecified atom stereocenters. The largest absolute Gasteiger partial charge is 0.493 e. The fraction of sp³-hybridized carbons (Fsp3) is 0.296. The van der Waals surface area contributed by atoms with Gasteiger partial charge in [-0.2, -0.15) is 0 Å². The first-order chi connectivity index (χ1) is 16.0. The van der Waals surface area contributed by atoms with Gasteiger partial charge >= 0.3 is 0 Å². The van der Waals surface area contributed by atoms with Crippen LogP contribution >= 0.6 is 0 Å². The Labute approximate surface area is 195 Å². The number of aliphatic imine (C=N–C) groups is 1. The lowest BCUT2D eigenvalue weighted by atomic mass is 9.75. The van der Waals surface area contributed by atoms with Crippen molar-refractivity contribution in [3.8, 4) is 11.5 Å². The molecule has 170 valence electrons. The maximum absolute atomic E-state index is 13.0. The van der Waals surface area contributed by atoms with Crippen molar-refractivity contribution in [1.29, 1.82) is 0 Å². The lowest BCUT2D eigenvalue weighted by Crippen LogP contribution is -2.29. The van der Waals surface area contributed by atoms with Crippen molar-refractivity contribution in [2.45, 2.75) is 47.4 Å². The van der Waals surface area contributed by atoms with Crippen molar-refractivity contribution in [3.05, 3.63) is 83.4 Å². The fourth-order valence-corrected chi connectivity index (χ4v) is 6.31. The van der Waals surface area contributed by atoms with Gasteiger partial charge < -0.3 is 9.47 Å². The molecule has 6 heteroatoms. The SMILES string of the molecule is COc1cc2c(cc1OC)[C@H]1CCCC[C@H]1N=C2c1ccc(S(=O)(=O)c2ccccc2)cc1. The van der Waals surface area contributed by atoms with Gasteiger partial charge in [0.15, 0.2) is 11.5 Å². The van der Waals surface area contributed by atoms with E-state index in [9.17, 15) is 8.42 Å². The first-order valence-corrected chi connectivity index (χ1v) is 12.8. The van der Waals surface area contributed by atoms with Gasteiger partial charge in [-0.1, -0.05) is 43.2 Å². The van der Waals surface area contributed by atoms with Gasteiger partial charge in [-0.3, -0.25) is 4.99 Å². The molecule has 3 aromatic rings.